The monoisotopic (exact) mass is 523 g/mol. The van der Waals surface area contributed by atoms with E-state index in [4.69, 9.17) is 27.9 Å². The molecule has 4 rings (SSSR count). The van der Waals surface area contributed by atoms with E-state index in [1.165, 1.54) is 26.2 Å². The Bertz CT molecular complexity index is 1080. The van der Waals surface area contributed by atoms with E-state index in [-0.39, 0.29) is 24.2 Å². The van der Waals surface area contributed by atoms with Crippen molar-refractivity contribution < 1.29 is 14.3 Å². The van der Waals surface area contributed by atoms with E-state index in [0.717, 1.165) is 25.2 Å². The highest BCUT2D eigenvalue weighted by molar-refractivity contribution is 6.42. The zero-order chi connectivity index (χ0) is 23.4. The molecule has 0 atom stereocenters. The smallest absolute Gasteiger partial charge is 0.258 e. The average Bonchev–Trinajstić information content (AvgIpc) is 3.18. The highest BCUT2D eigenvalue weighted by Gasteiger charge is 2.27. The van der Waals surface area contributed by atoms with Crippen LogP contribution in [0.15, 0.2) is 42.5 Å². The summed E-state index contributed by atoms with van der Waals surface area (Å²) in [6.45, 7) is 5.41. The molecule has 34 heavy (non-hydrogen) atoms. The van der Waals surface area contributed by atoms with E-state index in [1.54, 1.807) is 29.2 Å². The maximum Gasteiger partial charge on any atom is 0.258 e. The molecular formula is C25H28Cl3N3O3. The fourth-order valence-electron chi connectivity index (χ4n) is 4.18. The van der Waals surface area contributed by atoms with Crippen molar-refractivity contribution in [2.75, 3.05) is 43.0 Å². The van der Waals surface area contributed by atoms with Crippen LogP contribution in [0.1, 0.15) is 31.7 Å². The van der Waals surface area contributed by atoms with Crippen molar-refractivity contribution in [1.29, 1.82) is 0 Å². The average molecular weight is 525 g/mol. The Morgan fingerprint density at radius 2 is 1.82 bits per heavy atom. The molecule has 2 heterocycles. The molecule has 9 heteroatoms. The molecule has 2 aromatic carbocycles. The Balaban J connectivity index is 0.00000324. The SMILES string of the molecule is CC(=O)Nc1ccc(N2CC=C(c3ccc(Cl)c(Cl)c3)C2=O)cc1OCCN1CCCCC1.Cl. The number of likely N-dealkylation sites (tertiary alicyclic amines) is 1. The minimum Gasteiger partial charge on any atom is -0.490 e. The largest absolute Gasteiger partial charge is 0.490 e. The van der Waals surface area contributed by atoms with Crippen LogP contribution in [0.5, 0.6) is 5.75 Å². The van der Waals surface area contributed by atoms with E-state index in [0.29, 0.717) is 45.9 Å². The van der Waals surface area contributed by atoms with Gasteiger partial charge in [-0.15, -0.1) is 12.4 Å². The van der Waals surface area contributed by atoms with Crippen molar-refractivity contribution in [3.63, 3.8) is 0 Å². The summed E-state index contributed by atoms with van der Waals surface area (Å²) in [6, 6.07) is 10.6. The predicted molar refractivity (Wildman–Crippen MR) is 141 cm³/mol. The molecule has 2 aliphatic rings. The molecule has 1 fully saturated rings. The van der Waals surface area contributed by atoms with Gasteiger partial charge in [-0.25, -0.2) is 0 Å². The number of carbonyl (C=O) groups excluding carboxylic acids is 2. The number of nitrogens with zero attached hydrogens (tertiary/aromatic N) is 2. The lowest BCUT2D eigenvalue weighted by molar-refractivity contribution is -0.114. The molecule has 2 aliphatic heterocycles. The second kappa shape index (κ2) is 11.9. The maximum absolute atomic E-state index is 13.2. The van der Waals surface area contributed by atoms with Gasteiger partial charge in [-0.2, -0.15) is 0 Å². The molecule has 6 nitrogen and oxygen atoms in total. The molecule has 0 bridgehead atoms. The first-order valence-electron chi connectivity index (χ1n) is 11.2. The van der Waals surface area contributed by atoms with Crippen molar-refractivity contribution in [3.05, 3.63) is 58.1 Å². The third-order valence-electron chi connectivity index (χ3n) is 5.89. The molecule has 2 amide bonds. The first kappa shape index (κ1) is 26.4. The summed E-state index contributed by atoms with van der Waals surface area (Å²) in [6.07, 6.45) is 5.60. The van der Waals surface area contributed by atoms with Gasteiger partial charge in [0.25, 0.3) is 5.91 Å². The van der Waals surface area contributed by atoms with Crippen LogP contribution >= 0.6 is 35.6 Å². The summed E-state index contributed by atoms with van der Waals surface area (Å²) >= 11 is 12.2. The van der Waals surface area contributed by atoms with Gasteiger partial charge in [0, 0.05) is 37.3 Å². The molecule has 0 unspecified atom stereocenters. The van der Waals surface area contributed by atoms with Crippen LogP contribution in [0.2, 0.25) is 10.0 Å². The van der Waals surface area contributed by atoms with Crippen molar-refractivity contribution in [3.8, 4) is 5.75 Å². The quantitative estimate of drug-likeness (QED) is 0.507. The van der Waals surface area contributed by atoms with Crippen LogP contribution in [0.3, 0.4) is 0 Å². The number of hydrogen-bond donors (Lipinski definition) is 1. The fraction of sp³-hybridized carbons (Fsp3) is 0.360. The number of ether oxygens (including phenoxy) is 1. The molecule has 2 aromatic rings. The molecule has 182 valence electrons. The first-order chi connectivity index (χ1) is 15.9. The number of halogens is 3. The van der Waals surface area contributed by atoms with Gasteiger partial charge in [0.1, 0.15) is 12.4 Å². The molecule has 0 radical (unpaired) electrons. The van der Waals surface area contributed by atoms with Crippen LogP contribution in [-0.2, 0) is 9.59 Å². The second-order valence-electron chi connectivity index (χ2n) is 8.27. The number of hydrogen-bond acceptors (Lipinski definition) is 4. The zero-order valence-electron chi connectivity index (χ0n) is 19.0. The lowest BCUT2D eigenvalue weighted by Gasteiger charge is -2.26. The lowest BCUT2D eigenvalue weighted by atomic mass is 10.1. The molecule has 1 N–H and O–H groups in total. The zero-order valence-corrected chi connectivity index (χ0v) is 21.3. The van der Waals surface area contributed by atoms with Crippen LogP contribution in [0.4, 0.5) is 11.4 Å². The number of amides is 2. The minimum absolute atomic E-state index is 0. The highest BCUT2D eigenvalue weighted by atomic mass is 35.5. The summed E-state index contributed by atoms with van der Waals surface area (Å²) < 4.78 is 6.07. The van der Waals surface area contributed by atoms with Gasteiger partial charge in [0.2, 0.25) is 5.91 Å². The van der Waals surface area contributed by atoms with Gasteiger partial charge < -0.3 is 15.0 Å². The third-order valence-corrected chi connectivity index (χ3v) is 6.62. The normalized spacial score (nSPS) is 16.1. The van der Waals surface area contributed by atoms with Gasteiger partial charge in [-0.1, -0.05) is 41.8 Å². The number of benzene rings is 2. The van der Waals surface area contributed by atoms with Crippen LogP contribution in [0, 0.1) is 0 Å². The summed E-state index contributed by atoms with van der Waals surface area (Å²) in [4.78, 5) is 28.9. The third kappa shape index (κ3) is 6.25. The Morgan fingerprint density at radius 1 is 1.06 bits per heavy atom. The summed E-state index contributed by atoms with van der Waals surface area (Å²) in [7, 11) is 0. The number of rotatable bonds is 7. The van der Waals surface area contributed by atoms with E-state index >= 15 is 0 Å². The highest BCUT2D eigenvalue weighted by Crippen LogP contribution is 2.35. The number of anilines is 2. The molecular weight excluding hydrogens is 497 g/mol. The maximum atomic E-state index is 13.2. The van der Waals surface area contributed by atoms with Crippen LogP contribution in [-0.4, -0.2) is 49.5 Å². The summed E-state index contributed by atoms with van der Waals surface area (Å²) in [5, 5.41) is 3.67. The van der Waals surface area contributed by atoms with Gasteiger partial charge in [-0.3, -0.25) is 14.5 Å². The Labute approximate surface area is 216 Å². The van der Waals surface area contributed by atoms with Crippen molar-refractivity contribution >= 4 is 64.4 Å². The fourth-order valence-corrected chi connectivity index (χ4v) is 4.48. The Morgan fingerprint density at radius 3 is 2.53 bits per heavy atom. The Hall–Kier alpha value is -2.25. The molecule has 0 spiro atoms. The van der Waals surface area contributed by atoms with E-state index in [2.05, 4.69) is 10.2 Å². The Kier molecular flexibility index (Phi) is 9.25. The number of nitrogens with one attached hydrogen (secondary N) is 1. The standard InChI is InChI=1S/C25H27Cl2N3O3.ClH/c1-17(31)28-23-8-6-19(16-24(23)33-14-13-29-10-3-2-4-11-29)30-12-9-20(25(30)32)18-5-7-21(26)22(27)15-18;/h5-9,15-16H,2-4,10-14H2,1H3,(H,28,31);1H. The predicted octanol–water partition coefficient (Wildman–Crippen LogP) is 5.67. The van der Waals surface area contributed by atoms with Gasteiger partial charge in [0.15, 0.2) is 0 Å². The lowest BCUT2D eigenvalue weighted by Crippen LogP contribution is -2.33. The first-order valence-corrected chi connectivity index (χ1v) is 11.9. The van der Waals surface area contributed by atoms with E-state index in [1.807, 2.05) is 18.2 Å². The molecule has 0 aliphatic carbocycles. The summed E-state index contributed by atoms with van der Waals surface area (Å²) in [5.41, 5.74) is 2.60. The van der Waals surface area contributed by atoms with Crippen LogP contribution < -0.4 is 15.0 Å². The van der Waals surface area contributed by atoms with Crippen LogP contribution in [0.25, 0.3) is 5.57 Å². The van der Waals surface area contributed by atoms with E-state index < -0.39 is 0 Å². The van der Waals surface area contributed by atoms with Crippen molar-refractivity contribution in [1.82, 2.24) is 4.90 Å². The molecule has 1 saturated heterocycles. The summed E-state index contributed by atoms with van der Waals surface area (Å²) in [5.74, 6) is 0.250. The van der Waals surface area contributed by atoms with Gasteiger partial charge in [0.05, 0.1) is 15.7 Å². The van der Waals surface area contributed by atoms with Gasteiger partial charge in [-0.05, 0) is 55.8 Å². The van der Waals surface area contributed by atoms with E-state index in [9.17, 15) is 9.59 Å². The second-order valence-corrected chi connectivity index (χ2v) is 9.09. The number of piperidine rings is 1. The van der Waals surface area contributed by atoms with Crippen molar-refractivity contribution in [2.45, 2.75) is 26.2 Å². The molecule has 0 aromatic heterocycles. The minimum atomic E-state index is -0.176. The van der Waals surface area contributed by atoms with Gasteiger partial charge >= 0.3 is 0 Å². The van der Waals surface area contributed by atoms with Crippen molar-refractivity contribution in [2.24, 2.45) is 0 Å². The topological polar surface area (TPSA) is 61.9 Å². The number of carbonyl (C=O) groups is 2. The molecule has 0 saturated carbocycles.